The van der Waals surface area contributed by atoms with Gasteiger partial charge in [0.1, 0.15) is 0 Å². The average Bonchev–Trinajstić information content (AvgIpc) is 2.62. The van der Waals surface area contributed by atoms with E-state index < -0.39 is 6.10 Å². The number of aliphatic hydroxyl groups excluding tert-OH is 1. The number of aliphatic hydroxyl groups is 1. The summed E-state index contributed by atoms with van der Waals surface area (Å²) in [5, 5.41) is 16.4. The Morgan fingerprint density at radius 3 is 2.70 bits per heavy atom. The Morgan fingerprint density at radius 2 is 1.95 bits per heavy atom. The largest absolute Gasteiger partial charge is 0.390 e. The first-order valence-electron chi connectivity index (χ1n) is 8.36. The first-order valence-corrected chi connectivity index (χ1v) is 8.36. The maximum absolute atomic E-state index is 12.1. The molecule has 1 aliphatic heterocycles. The summed E-state index contributed by atoms with van der Waals surface area (Å²) < 4.78 is 0. The first kappa shape index (κ1) is 15.8. The van der Waals surface area contributed by atoms with Gasteiger partial charge in [0, 0.05) is 19.0 Å². The quantitative estimate of drug-likeness (QED) is 0.739. The zero-order valence-corrected chi connectivity index (χ0v) is 12.7. The summed E-state index contributed by atoms with van der Waals surface area (Å²) in [5.41, 5.74) is 0. The van der Waals surface area contributed by atoms with Crippen LogP contribution >= 0.6 is 0 Å². The molecule has 2 fully saturated rings. The SMILES string of the molecule is C[C@@H]1CC[C@H](NC(=O)CCC2CCCCC2)[C@@H](O)CN1. The third-order valence-corrected chi connectivity index (χ3v) is 4.90. The Balaban J connectivity index is 1.69. The molecule has 4 heteroatoms. The molecule has 1 aliphatic carbocycles. The van der Waals surface area contributed by atoms with E-state index in [2.05, 4.69) is 17.6 Å². The Bertz CT molecular complexity index is 303. The van der Waals surface area contributed by atoms with Crippen LogP contribution in [0.3, 0.4) is 0 Å². The van der Waals surface area contributed by atoms with Crippen molar-refractivity contribution in [2.24, 2.45) is 5.92 Å². The minimum Gasteiger partial charge on any atom is -0.390 e. The lowest BCUT2D eigenvalue weighted by atomic mass is 9.86. The predicted molar refractivity (Wildman–Crippen MR) is 80.4 cm³/mol. The molecule has 1 heterocycles. The monoisotopic (exact) mass is 282 g/mol. The molecule has 3 atom stereocenters. The van der Waals surface area contributed by atoms with Crippen LogP contribution in [-0.4, -0.2) is 35.7 Å². The van der Waals surface area contributed by atoms with E-state index in [0.29, 0.717) is 19.0 Å². The number of nitrogens with one attached hydrogen (secondary N) is 2. The second-order valence-electron chi connectivity index (χ2n) is 6.67. The van der Waals surface area contributed by atoms with E-state index in [1.807, 2.05) is 0 Å². The number of hydrogen-bond donors (Lipinski definition) is 3. The van der Waals surface area contributed by atoms with Gasteiger partial charge >= 0.3 is 0 Å². The van der Waals surface area contributed by atoms with Crippen LogP contribution in [0.5, 0.6) is 0 Å². The number of carbonyl (C=O) groups is 1. The van der Waals surface area contributed by atoms with Crippen molar-refractivity contribution >= 4 is 5.91 Å². The summed E-state index contributed by atoms with van der Waals surface area (Å²) in [5.74, 6) is 0.865. The highest BCUT2D eigenvalue weighted by molar-refractivity contribution is 5.76. The molecule has 0 unspecified atom stereocenters. The Hall–Kier alpha value is -0.610. The Kier molecular flexibility index (Phi) is 6.30. The van der Waals surface area contributed by atoms with Gasteiger partial charge in [0.05, 0.1) is 12.1 Å². The normalized spacial score (nSPS) is 32.6. The third kappa shape index (κ3) is 5.06. The standard InChI is InChI=1S/C16H30N2O2/c1-12-7-9-14(15(19)11-17-12)18-16(20)10-8-13-5-3-2-4-6-13/h12-15,17,19H,2-11H2,1H3,(H,18,20)/t12-,14+,15+/m1/s1. The molecular formula is C16H30N2O2. The van der Waals surface area contributed by atoms with Crippen molar-refractivity contribution in [1.82, 2.24) is 10.6 Å². The van der Waals surface area contributed by atoms with Gasteiger partial charge in [-0.25, -0.2) is 0 Å². The molecule has 0 aromatic rings. The number of carbonyl (C=O) groups excluding carboxylic acids is 1. The zero-order chi connectivity index (χ0) is 14.4. The molecular weight excluding hydrogens is 252 g/mol. The van der Waals surface area contributed by atoms with Crippen LogP contribution in [0, 0.1) is 5.92 Å². The van der Waals surface area contributed by atoms with Crippen LogP contribution in [0.1, 0.15) is 64.7 Å². The molecule has 0 aromatic heterocycles. The van der Waals surface area contributed by atoms with Crippen LogP contribution < -0.4 is 10.6 Å². The predicted octanol–water partition coefficient (Wildman–Crippen LogP) is 1.96. The van der Waals surface area contributed by atoms with Gasteiger partial charge in [0.25, 0.3) is 0 Å². The molecule has 1 saturated carbocycles. The number of β-amino-alcohol motifs (C(OH)–C–C–N with tert-alkyl or cyclic N) is 1. The number of amides is 1. The molecule has 0 spiro atoms. The topological polar surface area (TPSA) is 61.4 Å². The van der Waals surface area contributed by atoms with Gasteiger partial charge in [-0.15, -0.1) is 0 Å². The Labute approximate surface area is 122 Å². The molecule has 0 bridgehead atoms. The highest BCUT2D eigenvalue weighted by atomic mass is 16.3. The Morgan fingerprint density at radius 1 is 1.20 bits per heavy atom. The van der Waals surface area contributed by atoms with Gasteiger partial charge in [-0.05, 0) is 32.1 Å². The van der Waals surface area contributed by atoms with Crippen LogP contribution in [0.4, 0.5) is 0 Å². The van der Waals surface area contributed by atoms with Crippen LogP contribution in [0.25, 0.3) is 0 Å². The highest BCUT2D eigenvalue weighted by Gasteiger charge is 2.25. The maximum Gasteiger partial charge on any atom is 0.220 e. The second kappa shape index (κ2) is 7.99. The molecule has 2 rings (SSSR count). The minimum atomic E-state index is -0.460. The fourth-order valence-corrected chi connectivity index (χ4v) is 3.45. The van der Waals surface area contributed by atoms with Gasteiger partial charge in [0.2, 0.25) is 5.91 Å². The van der Waals surface area contributed by atoms with Crippen molar-refractivity contribution in [1.29, 1.82) is 0 Å². The van der Waals surface area contributed by atoms with E-state index in [9.17, 15) is 9.90 Å². The highest BCUT2D eigenvalue weighted by Crippen LogP contribution is 2.27. The average molecular weight is 282 g/mol. The van der Waals surface area contributed by atoms with Gasteiger partial charge in [0.15, 0.2) is 0 Å². The fourth-order valence-electron chi connectivity index (χ4n) is 3.45. The minimum absolute atomic E-state index is 0.0775. The van der Waals surface area contributed by atoms with Crippen LogP contribution in [0.15, 0.2) is 0 Å². The van der Waals surface area contributed by atoms with Crippen LogP contribution in [-0.2, 0) is 4.79 Å². The second-order valence-corrected chi connectivity index (χ2v) is 6.67. The molecule has 3 N–H and O–H groups in total. The summed E-state index contributed by atoms with van der Waals surface area (Å²) in [6.45, 7) is 2.70. The molecule has 0 radical (unpaired) electrons. The summed E-state index contributed by atoms with van der Waals surface area (Å²) >= 11 is 0. The van der Waals surface area contributed by atoms with E-state index in [-0.39, 0.29) is 11.9 Å². The molecule has 2 aliphatic rings. The maximum atomic E-state index is 12.1. The summed E-state index contributed by atoms with van der Waals surface area (Å²) in [7, 11) is 0. The molecule has 4 nitrogen and oxygen atoms in total. The molecule has 0 aromatic carbocycles. The lowest BCUT2D eigenvalue weighted by Gasteiger charge is -2.23. The smallest absolute Gasteiger partial charge is 0.220 e. The molecule has 1 saturated heterocycles. The first-order chi connectivity index (χ1) is 9.65. The van der Waals surface area contributed by atoms with Crippen molar-refractivity contribution in [2.75, 3.05) is 6.54 Å². The molecule has 1 amide bonds. The van der Waals surface area contributed by atoms with Crippen molar-refractivity contribution in [2.45, 2.75) is 82.9 Å². The number of hydrogen-bond acceptors (Lipinski definition) is 3. The zero-order valence-electron chi connectivity index (χ0n) is 12.7. The molecule has 20 heavy (non-hydrogen) atoms. The van der Waals surface area contributed by atoms with Crippen molar-refractivity contribution in [3.63, 3.8) is 0 Å². The summed E-state index contributed by atoms with van der Waals surface area (Å²) in [6.07, 6.45) is 9.66. The lowest BCUT2D eigenvalue weighted by molar-refractivity contribution is -0.123. The van der Waals surface area contributed by atoms with E-state index in [0.717, 1.165) is 25.2 Å². The lowest BCUT2D eigenvalue weighted by Crippen LogP contribution is -2.45. The van der Waals surface area contributed by atoms with Gasteiger partial charge in [-0.1, -0.05) is 32.1 Å². The van der Waals surface area contributed by atoms with Crippen LogP contribution in [0.2, 0.25) is 0 Å². The van der Waals surface area contributed by atoms with Crippen molar-refractivity contribution in [3.8, 4) is 0 Å². The fraction of sp³-hybridized carbons (Fsp3) is 0.938. The molecule has 116 valence electrons. The summed E-state index contributed by atoms with van der Waals surface area (Å²) in [6, 6.07) is 0.347. The third-order valence-electron chi connectivity index (χ3n) is 4.90. The van der Waals surface area contributed by atoms with Crippen molar-refractivity contribution < 1.29 is 9.90 Å². The summed E-state index contributed by atoms with van der Waals surface area (Å²) in [4.78, 5) is 12.1. The van der Waals surface area contributed by atoms with Gasteiger partial charge in [-0.2, -0.15) is 0 Å². The van der Waals surface area contributed by atoms with E-state index in [1.54, 1.807) is 0 Å². The van der Waals surface area contributed by atoms with Gasteiger partial charge < -0.3 is 15.7 Å². The van der Waals surface area contributed by atoms with Gasteiger partial charge in [-0.3, -0.25) is 4.79 Å². The van der Waals surface area contributed by atoms with E-state index in [4.69, 9.17) is 0 Å². The van der Waals surface area contributed by atoms with E-state index >= 15 is 0 Å². The van der Waals surface area contributed by atoms with E-state index in [1.165, 1.54) is 32.1 Å². The van der Waals surface area contributed by atoms with Crippen molar-refractivity contribution in [3.05, 3.63) is 0 Å². The number of rotatable bonds is 4.